The van der Waals surface area contributed by atoms with Gasteiger partial charge < -0.3 is 25.2 Å². The summed E-state index contributed by atoms with van der Waals surface area (Å²) in [6.45, 7) is 0.704. The number of ether oxygens (including phenoxy) is 1. The molecule has 2 aliphatic rings. The van der Waals surface area contributed by atoms with Crippen molar-refractivity contribution in [3.8, 4) is 0 Å². The van der Waals surface area contributed by atoms with Crippen LogP contribution in [0, 0.1) is 6.92 Å². The van der Waals surface area contributed by atoms with Crippen molar-refractivity contribution in [1.82, 2.24) is 9.55 Å². The quantitative estimate of drug-likeness (QED) is 0.378. The van der Waals surface area contributed by atoms with Gasteiger partial charge in [0, 0.05) is 11.8 Å². The molecule has 1 aliphatic heterocycles. The molecule has 1 aliphatic carbocycles. The van der Waals surface area contributed by atoms with Crippen molar-refractivity contribution in [2.75, 3.05) is 6.61 Å². The van der Waals surface area contributed by atoms with Gasteiger partial charge in [-0.25, -0.2) is 4.79 Å². The molecule has 1 fully saturated rings. The number of aryl methyl sites for hydroxylation is 1. The van der Waals surface area contributed by atoms with Crippen LogP contribution in [-0.2, 0) is 4.74 Å². The Labute approximate surface area is 130 Å². The SMILES string of the molecule is Cc1cn([C@@H]2O[C@@]3(CO)[C@@H](O)C=CC[C@]3(O)[C@H]2O)c(=O)[nH]c1=O. The smallest absolute Gasteiger partial charge is 0.330 e. The molecular formula is C14H18N2O7. The molecule has 1 saturated heterocycles. The monoisotopic (exact) mass is 326 g/mol. The van der Waals surface area contributed by atoms with E-state index < -0.39 is 47.5 Å². The maximum Gasteiger partial charge on any atom is 0.330 e. The van der Waals surface area contributed by atoms with Gasteiger partial charge in [0.1, 0.15) is 17.8 Å². The van der Waals surface area contributed by atoms with Crippen LogP contribution < -0.4 is 11.2 Å². The molecule has 0 saturated carbocycles. The lowest BCUT2D eigenvalue weighted by Gasteiger charge is -2.44. The lowest BCUT2D eigenvalue weighted by molar-refractivity contribution is -0.209. The molecular weight excluding hydrogens is 308 g/mol. The van der Waals surface area contributed by atoms with Crippen LogP contribution in [0.1, 0.15) is 18.2 Å². The number of rotatable bonds is 2. The average Bonchev–Trinajstić information content (AvgIpc) is 2.74. The van der Waals surface area contributed by atoms with Gasteiger partial charge in [0.05, 0.1) is 6.61 Å². The summed E-state index contributed by atoms with van der Waals surface area (Å²) in [6.07, 6.45) is -0.401. The van der Waals surface area contributed by atoms with Crippen molar-refractivity contribution in [2.45, 2.75) is 43.0 Å². The van der Waals surface area contributed by atoms with E-state index in [1.807, 2.05) is 0 Å². The third-order valence-corrected chi connectivity index (χ3v) is 4.70. The van der Waals surface area contributed by atoms with Crippen LogP contribution in [0.4, 0.5) is 0 Å². The highest BCUT2D eigenvalue weighted by molar-refractivity contribution is 5.24. The van der Waals surface area contributed by atoms with E-state index in [1.54, 1.807) is 0 Å². The van der Waals surface area contributed by atoms with Crippen LogP contribution in [0.15, 0.2) is 27.9 Å². The summed E-state index contributed by atoms with van der Waals surface area (Å²) in [6, 6.07) is 0. The number of H-pyrrole nitrogens is 1. The zero-order valence-corrected chi connectivity index (χ0v) is 12.3. The third kappa shape index (κ3) is 1.98. The highest BCUT2D eigenvalue weighted by Gasteiger charge is 2.68. The lowest BCUT2D eigenvalue weighted by atomic mass is 9.72. The third-order valence-electron chi connectivity index (χ3n) is 4.70. The Morgan fingerprint density at radius 2 is 2.13 bits per heavy atom. The van der Waals surface area contributed by atoms with E-state index in [0.29, 0.717) is 0 Å². The van der Waals surface area contributed by atoms with Crippen LogP contribution in [-0.4, -0.2) is 60.0 Å². The topological polar surface area (TPSA) is 145 Å². The summed E-state index contributed by atoms with van der Waals surface area (Å²) in [5.41, 5.74) is -5.05. The normalized spacial score (nSPS) is 39.4. The standard InChI is InChI=1S/C14H18N2O7/c1-7-5-16(12(21)15-10(7)20)11-9(19)13(22)4-2-3-8(18)14(13,6-17)23-11/h2-3,5,8-9,11,17-19,22H,4,6H2,1H3,(H,15,20,21)/t8-,9-,11+,13-,14-/m0/s1. The van der Waals surface area contributed by atoms with Crippen LogP contribution in [0.3, 0.4) is 0 Å². The zero-order chi connectivity index (χ0) is 17.0. The van der Waals surface area contributed by atoms with Gasteiger partial charge in [-0.2, -0.15) is 0 Å². The Kier molecular flexibility index (Phi) is 3.58. The van der Waals surface area contributed by atoms with E-state index in [-0.39, 0.29) is 12.0 Å². The molecule has 0 spiro atoms. The molecule has 0 aromatic carbocycles. The average molecular weight is 326 g/mol. The minimum absolute atomic E-state index is 0.0701. The Hall–Kier alpha value is -1.78. The van der Waals surface area contributed by atoms with Gasteiger partial charge in [0.2, 0.25) is 0 Å². The number of hydrogen-bond donors (Lipinski definition) is 5. The van der Waals surface area contributed by atoms with Crippen LogP contribution in [0.25, 0.3) is 0 Å². The van der Waals surface area contributed by atoms with Crippen LogP contribution in [0.2, 0.25) is 0 Å². The molecule has 9 heteroatoms. The highest BCUT2D eigenvalue weighted by Crippen LogP contribution is 2.50. The predicted octanol–water partition coefficient (Wildman–Crippen LogP) is -2.48. The summed E-state index contributed by atoms with van der Waals surface area (Å²) in [7, 11) is 0. The minimum Gasteiger partial charge on any atom is -0.393 e. The number of aromatic amines is 1. The molecule has 3 rings (SSSR count). The Bertz CT molecular complexity index is 769. The molecule has 0 radical (unpaired) electrons. The fourth-order valence-electron chi connectivity index (χ4n) is 3.27. The van der Waals surface area contributed by atoms with E-state index in [2.05, 4.69) is 4.98 Å². The van der Waals surface area contributed by atoms with E-state index in [4.69, 9.17) is 4.74 Å². The van der Waals surface area contributed by atoms with Crippen molar-refractivity contribution in [3.63, 3.8) is 0 Å². The maximum atomic E-state index is 12.0. The van der Waals surface area contributed by atoms with E-state index >= 15 is 0 Å². The number of nitrogens with zero attached hydrogens (tertiary/aromatic N) is 1. The number of fused-ring (bicyclic) bond motifs is 1. The van der Waals surface area contributed by atoms with Crippen molar-refractivity contribution in [2.24, 2.45) is 0 Å². The fraction of sp³-hybridized carbons (Fsp3) is 0.571. The predicted molar refractivity (Wildman–Crippen MR) is 76.7 cm³/mol. The van der Waals surface area contributed by atoms with E-state index in [0.717, 1.165) is 4.57 Å². The Morgan fingerprint density at radius 3 is 2.74 bits per heavy atom. The van der Waals surface area contributed by atoms with Crippen molar-refractivity contribution in [3.05, 3.63) is 44.8 Å². The van der Waals surface area contributed by atoms with Gasteiger partial charge in [-0.15, -0.1) is 0 Å². The highest BCUT2D eigenvalue weighted by atomic mass is 16.6. The summed E-state index contributed by atoms with van der Waals surface area (Å²) >= 11 is 0. The maximum absolute atomic E-state index is 12.0. The second kappa shape index (κ2) is 5.11. The van der Waals surface area contributed by atoms with Crippen molar-refractivity contribution < 1.29 is 25.2 Å². The van der Waals surface area contributed by atoms with E-state index in [9.17, 15) is 30.0 Å². The van der Waals surface area contributed by atoms with Gasteiger partial charge in [0.25, 0.3) is 5.56 Å². The van der Waals surface area contributed by atoms with Crippen molar-refractivity contribution in [1.29, 1.82) is 0 Å². The summed E-state index contributed by atoms with van der Waals surface area (Å²) in [5.74, 6) is 0. The molecule has 1 aromatic heterocycles. The van der Waals surface area contributed by atoms with E-state index in [1.165, 1.54) is 25.3 Å². The largest absolute Gasteiger partial charge is 0.393 e. The van der Waals surface area contributed by atoms with Gasteiger partial charge >= 0.3 is 5.69 Å². The Morgan fingerprint density at radius 1 is 1.43 bits per heavy atom. The molecule has 9 nitrogen and oxygen atoms in total. The fourth-order valence-corrected chi connectivity index (χ4v) is 3.27. The zero-order valence-electron chi connectivity index (χ0n) is 12.3. The second-order valence-electron chi connectivity index (χ2n) is 5.98. The first-order chi connectivity index (χ1) is 10.8. The van der Waals surface area contributed by atoms with Gasteiger partial charge in [-0.3, -0.25) is 14.3 Å². The molecule has 126 valence electrons. The molecule has 0 amide bonds. The molecule has 23 heavy (non-hydrogen) atoms. The first-order valence-corrected chi connectivity index (χ1v) is 7.13. The van der Waals surface area contributed by atoms with Crippen LogP contribution in [0.5, 0.6) is 0 Å². The summed E-state index contributed by atoms with van der Waals surface area (Å²) < 4.78 is 6.51. The van der Waals surface area contributed by atoms with Gasteiger partial charge in [-0.05, 0) is 13.3 Å². The Balaban J connectivity index is 2.14. The molecule has 0 unspecified atom stereocenters. The molecule has 5 N–H and O–H groups in total. The van der Waals surface area contributed by atoms with Crippen LogP contribution >= 0.6 is 0 Å². The number of aliphatic hydroxyl groups is 4. The minimum atomic E-state index is -1.98. The van der Waals surface area contributed by atoms with Gasteiger partial charge in [-0.1, -0.05) is 12.2 Å². The molecule has 2 heterocycles. The number of aromatic nitrogens is 2. The van der Waals surface area contributed by atoms with Gasteiger partial charge in [0.15, 0.2) is 11.8 Å². The molecule has 0 bridgehead atoms. The second-order valence-corrected chi connectivity index (χ2v) is 5.98. The number of nitrogens with one attached hydrogen (secondary N) is 1. The first-order valence-electron chi connectivity index (χ1n) is 7.13. The summed E-state index contributed by atoms with van der Waals surface area (Å²) in [5, 5.41) is 41.2. The number of aliphatic hydroxyl groups excluding tert-OH is 3. The molecule has 1 aromatic rings. The van der Waals surface area contributed by atoms with Crippen molar-refractivity contribution >= 4 is 0 Å². The summed E-state index contributed by atoms with van der Waals surface area (Å²) in [4.78, 5) is 25.5. The lowest BCUT2D eigenvalue weighted by Crippen LogP contribution is -2.65. The molecule has 5 atom stereocenters. The first kappa shape index (κ1) is 16.1. The number of hydrogen-bond acceptors (Lipinski definition) is 7.